The van der Waals surface area contributed by atoms with Gasteiger partial charge in [0.25, 0.3) is 0 Å². The maximum Gasteiger partial charge on any atom is 0.122 e. The standard InChI is InChI=1S/C13H18N2O/c1-2-16-10-15-9-7-12-5-3-4-11(6-8-14)13(12)15/h3-5,7,9H,2,6,8,10,14H2,1H3. The van der Waals surface area contributed by atoms with E-state index in [-0.39, 0.29) is 0 Å². The molecule has 2 rings (SSSR count). The molecule has 3 heteroatoms. The Bertz CT molecular complexity index is 462. The van der Waals surface area contributed by atoms with Gasteiger partial charge in [-0.25, -0.2) is 0 Å². The van der Waals surface area contributed by atoms with Crippen molar-refractivity contribution in [2.45, 2.75) is 20.1 Å². The van der Waals surface area contributed by atoms with E-state index in [0.29, 0.717) is 13.3 Å². The van der Waals surface area contributed by atoms with Crippen LogP contribution in [0.3, 0.4) is 0 Å². The van der Waals surface area contributed by atoms with Gasteiger partial charge in [0.05, 0.1) is 5.52 Å². The van der Waals surface area contributed by atoms with Gasteiger partial charge in [0, 0.05) is 12.8 Å². The van der Waals surface area contributed by atoms with Crippen LogP contribution >= 0.6 is 0 Å². The summed E-state index contributed by atoms with van der Waals surface area (Å²) in [6.07, 6.45) is 2.98. The molecule has 0 saturated heterocycles. The summed E-state index contributed by atoms with van der Waals surface area (Å²) < 4.78 is 7.59. The van der Waals surface area contributed by atoms with Crippen LogP contribution in [-0.4, -0.2) is 17.7 Å². The fourth-order valence-electron chi connectivity index (χ4n) is 2.00. The van der Waals surface area contributed by atoms with Crippen LogP contribution < -0.4 is 5.73 Å². The van der Waals surface area contributed by atoms with Crippen LogP contribution in [0.25, 0.3) is 10.9 Å². The maximum absolute atomic E-state index is 5.63. The predicted octanol–water partition coefficient (Wildman–Crippen LogP) is 2.14. The first-order valence-electron chi connectivity index (χ1n) is 5.71. The molecule has 2 aromatic rings. The van der Waals surface area contributed by atoms with Crippen molar-refractivity contribution >= 4 is 10.9 Å². The van der Waals surface area contributed by atoms with E-state index >= 15 is 0 Å². The van der Waals surface area contributed by atoms with E-state index in [2.05, 4.69) is 35.0 Å². The number of fused-ring (bicyclic) bond motifs is 1. The monoisotopic (exact) mass is 218 g/mol. The molecule has 0 aliphatic carbocycles. The molecule has 0 amide bonds. The zero-order valence-corrected chi connectivity index (χ0v) is 9.65. The van der Waals surface area contributed by atoms with Crippen LogP contribution in [0.1, 0.15) is 12.5 Å². The molecule has 1 aromatic carbocycles. The normalized spacial score (nSPS) is 11.1. The molecule has 2 N–H and O–H groups in total. The molecule has 0 unspecified atom stereocenters. The van der Waals surface area contributed by atoms with E-state index in [4.69, 9.17) is 10.5 Å². The van der Waals surface area contributed by atoms with Crippen molar-refractivity contribution in [1.82, 2.24) is 4.57 Å². The zero-order valence-electron chi connectivity index (χ0n) is 9.65. The molecule has 0 saturated carbocycles. The third-order valence-electron chi connectivity index (χ3n) is 2.72. The number of aromatic nitrogens is 1. The van der Waals surface area contributed by atoms with E-state index in [1.807, 2.05) is 6.92 Å². The van der Waals surface area contributed by atoms with E-state index in [0.717, 1.165) is 13.0 Å². The van der Waals surface area contributed by atoms with Crippen LogP contribution in [0.2, 0.25) is 0 Å². The molecular formula is C13H18N2O. The molecule has 0 atom stereocenters. The van der Waals surface area contributed by atoms with Crippen LogP contribution in [0.15, 0.2) is 30.5 Å². The molecule has 86 valence electrons. The number of ether oxygens (including phenoxy) is 1. The van der Waals surface area contributed by atoms with Crippen molar-refractivity contribution in [3.63, 3.8) is 0 Å². The first-order valence-corrected chi connectivity index (χ1v) is 5.71. The largest absolute Gasteiger partial charge is 0.361 e. The summed E-state index contributed by atoms with van der Waals surface area (Å²) in [7, 11) is 0. The Morgan fingerprint density at radius 2 is 2.19 bits per heavy atom. The van der Waals surface area contributed by atoms with Crippen LogP contribution in [0.5, 0.6) is 0 Å². The number of benzene rings is 1. The lowest BCUT2D eigenvalue weighted by molar-refractivity contribution is 0.0908. The van der Waals surface area contributed by atoms with Gasteiger partial charge < -0.3 is 15.0 Å². The minimum absolute atomic E-state index is 0.613. The smallest absolute Gasteiger partial charge is 0.122 e. The van der Waals surface area contributed by atoms with Crippen molar-refractivity contribution in [3.8, 4) is 0 Å². The first-order chi connectivity index (χ1) is 7.86. The van der Waals surface area contributed by atoms with Crippen LogP contribution in [0, 0.1) is 0 Å². The first kappa shape index (κ1) is 11.2. The summed E-state index contributed by atoms with van der Waals surface area (Å²) in [6, 6.07) is 8.46. The molecule has 1 heterocycles. The van der Waals surface area contributed by atoms with Crippen LogP contribution in [0.4, 0.5) is 0 Å². The lowest BCUT2D eigenvalue weighted by Crippen LogP contribution is -2.06. The number of para-hydroxylation sites is 1. The Morgan fingerprint density at radius 3 is 2.94 bits per heavy atom. The van der Waals surface area contributed by atoms with Gasteiger partial charge in [-0.2, -0.15) is 0 Å². The van der Waals surface area contributed by atoms with Gasteiger partial charge in [0.2, 0.25) is 0 Å². The number of nitrogens with two attached hydrogens (primary N) is 1. The summed E-state index contributed by atoms with van der Waals surface area (Å²) in [6.45, 7) is 4.03. The lowest BCUT2D eigenvalue weighted by Gasteiger charge is -2.09. The minimum atomic E-state index is 0.613. The summed E-state index contributed by atoms with van der Waals surface area (Å²) in [5.41, 5.74) is 8.18. The topological polar surface area (TPSA) is 40.2 Å². The molecule has 0 aliphatic rings. The Kier molecular flexibility index (Phi) is 3.59. The summed E-state index contributed by atoms with van der Waals surface area (Å²) in [5.74, 6) is 0. The molecule has 0 bridgehead atoms. The second kappa shape index (κ2) is 5.14. The third kappa shape index (κ3) is 2.10. The highest BCUT2D eigenvalue weighted by molar-refractivity contribution is 5.83. The molecule has 16 heavy (non-hydrogen) atoms. The van der Waals surface area contributed by atoms with Crippen molar-refractivity contribution in [1.29, 1.82) is 0 Å². The second-order valence-corrected chi connectivity index (χ2v) is 3.80. The van der Waals surface area contributed by atoms with Crippen molar-refractivity contribution in [2.75, 3.05) is 13.2 Å². The predicted molar refractivity (Wildman–Crippen MR) is 66.3 cm³/mol. The zero-order chi connectivity index (χ0) is 11.4. The van der Waals surface area contributed by atoms with E-state index in [1.54, 1.807) is 0 Å². The van der Waals surface area contributed by atoms with Gasteiger partial charge in [-0.3, -0.25) is 0 Å². The number of rotatable bonds is 5. The number of hydrogen-bond donors (Lipinski definition) is 1. The van der Waals surface area contributed by atoms with Gasteiger partial charge in [0.15, 0.2) is 0 Å². The highest BCUT2D eigenvalue weighted by atomic mass is 16.5. The van der Waals surface area contributed by atoms with E-state index in [1.165, 1.54) is 16.5 Å². The lowest BCUT2D eigenvalue weighted by atomic mass is 10.1. The van der Waals surface area contributed by atoms with Crippen molar-refractivity contribution in [2.24, 2.45) is 5.73 Å². The SMILES string of the molecule is CCOCn1ccc2cccc(CCN)c21. The number of nitrogens with zero attached hydrogens (tertiary/aromatic N) is 1. The Labute approximate surface area is 95.8 Å². The average Bonchev–Trinajstić information content (AvgIpc) is 2.71. The van der Waals surface area contributed by atoms with Gasteiger partial charge in [-0.1, -0.05) is 18.2 Å². The summed E-state index contributed by atoms with van der Waals surface area (Å²) >= 11 is 0. The van der Waals surface area contributed by atoms with Gasteiger partial charge in [0.1, 0.15) is 6.73 Å². The van der Waals surface area contributed by atoms with Gasteiger partial charge in [-0.15, -0.1) is 0 Å². The average molecular weight is 218 g/mol. The fraction of sp³-hybridized carbons (Fsp3) is 0.385. The highest BCUT2D eigenvalue weighted by Gasteiger charge is 2.05. The van der Waals surface area contributed by atoms with Gasteiger partial charge >= 0.3 is 0 Å². The fourth-order valence-corrected chi connectivity index (χ4v) is 2.00. The third-order valence-corrected chi connectivity index (χ3v) is 2.72. The van der Waals surface area contributed by atoms with Crippen LogP contribution in [-0.2, 0) is 17.9 Å². The highest BCUT2D eigenvalue weighted by Crippen LogP contribution is 2.20. The Hall–Kier alpha value is -1.32. The molecule has 0 aliphatic heterocycles. The molecular weight excluding hydrogens is 200 g/mol. The summed E-state index contributed by atoms with van der Waals surface area (Å²) in [4.78, 5) is 0. The quantitative estimate of drug-likeness (QED) is 0.835. The van der Waals surface area contributed by atoms with Gasteiger partial charge in [-0.05, 0) is 36.9 Å². The second-order valence-electron chi connectivity index (χ2n) is 3.80. The molecule has 0 radical (unpaired) electrons. The molecule has 0 spiro atoms. The molecule has 0 fully saturated rings. The minimum Gasteiger partial charge on any atom is -0.361 e. The Balaban J connectivity index is 2.41. The summed E-state index contributed by atoms with van der Waals surface area (Å²) in [5, 5.41) is 1.26. The number of hydrogen-bond acceptors (Lipinski definition) is 2. The molecule has 3 nitrogen and oxygen atoms in total. The molecule has 1 aromatic heterocycles. The van der Waals surface area contributed by atoms with E-state index < -0.39 is 0 Å². The van der Waals surface area contributed by atoms with Crippen molar-refractivity contribution < 1.29 is 4.74 Å². The van der Waals surface area contributed by atoms with Crippen molar-refractivity contribution in [3.05, 3.63) is 36.0 Å². The van der Waals surface area contributed by atoms with E-state index in [9.17, 15) is 0 Å². The maximum atomic E-state index is 5.63. The Morgan fingerprint density at radius 1 is 1.31 bits per heavy atom.